The van der Waals surface area contributed by atoms with Crippen LogP contribution in [0.25, 0.3) is 5.76 Å². The predicted molar refractivity (Wildman–Crippen MR) is 123 cm³/mol. The molecule has 1 saturated heterocycles. The minimum atomic E-state index is -0.696. The fourth-order valence-corrected chi connectivity index (χ4v) is 4.32. The van der Waals surface area contributed by atoms with Gasteiger partial charge in [0, 0.05) is 35.5 Å². The first kappa shape index (κ1) is 21.8. The second-order valence-electron chi connectivity index (χ2n) is 7.43. The zero-order valence-electron chi connectivity index (χ0n) is 17.4. The van der Waals surface area contributed by atoms with E-state index in [1.165, 1.54) is 12.0 Å². The summed E-state index contributed by atoms with van der Waals surface area (Å²) in [5.41, 5.74) is 1.23. The number of methoxy groups -OCH3 is 1. The number of hydrogen-bond acceptors (Lipinski definition) is 5. The monoisotopic (exact) mass is 495 g/mol. The van der Waals surface area contributed by atoms with Gasteiger partial charge in [-0.25, -0.2) is 4.98 Å². The molecule has 2 aromatic carbocycles. The maximum Gasteiger partial charge on any atom is 0.295 e. The van der Waals surface area contributed by atoms with Crippen LogP contribution in [0.15, 0.2) is 77.3 Å². The van der Waals surface area contributed by atoms with Gasteiger partial charge in [-0.1, -0.05) is 40.2 Å². The molecule has 0 bridgehead atoms. The molecule has 0 aliphatic carbocycles. The molecular weight excluding hydrogens is 474 g/mol. The molecule has 1 fully saturated rings. The molecule has 4 rings (SSSR count). The summed E-state index contributed by atoms with van der Waals surface area (Å²) in [5.74, 6) is -0.991. The number of aliphatic hydroxyl groups excluding tert-OH is 1. The highest BCUT2D eigenvalue weighted by atomic mass is 79.9. The van der Waals surface area contributed by atoms with E-state index >= 15 is 0 Å². The van der Waals surface area contributed by atoms with Crippen molar-refractivity contribution >= 4 is 33.4 Å². The number of aryl methyl sites for hydroxylation is 1. The third-order valence-corrected chi connectivity index (χ3v) is 5.92. The van der Waals surface area contributed by atoms with E-state index < -0.39 is 17.7 Å². The average Bonchev–Trinajstić information content (AvgIpc) is 3.41. The number of amides is 1. The van der Waals surface area contributed by atoms with Crippen molar-refractivity contribution < 1.29 is 19.4 Å². The topological polar surface area (TPSA) is 84.7 Å². The summed E-state index contributed by atoms with van der Waals surface area (Å²) in [6, 6.07) is 13.5. The Morgan fingerprint density at radius 1 is 1.16 bits per heavy atom. The number of likely N-dealkylation sites (tertiary alicyclic amines) is 1. The van der Waals surface area contributed by atoms with E-state index in [2.05, 4.69) is 20.9 Å². The van der Waals surface area contributed by atoms with Crippen molar-refractivity contribution in [2.24, 2.45) is 0 Å². The van der Waals surface area contributed by atoms with Crippen LogP contribution < -0.4 is 4.74 Å². The van der Waals surface area contributed by atoms with Crippen molar-refractivity contribution in [2.75, 3.05) is 13.7 Å². The van der Waals surface area contributed by atoms with Gasteiger partial charge >= 0.3 is 0 Å². The van der Waals surface area contributed by atoms with Crippen LogP contribution in [-0.2, 0) is 16.1 Å². The fraction of sp³-hybridized carbons (Fsp3) is 0.208. The molecule has 0 spiro atoms. The number of imidazole rings is 1. The number of aromatic nitrogens is 2. The van der Waals surface area contributed by atoms with E-state index in [-0.39, 0.29) is 11.3 Å². The summed E-state index contributed by atoms with van der Waals surface area (Å²) in [7, 11) is 1.53. The molecule has 1 aliphatic heterocycles. The van der Waals surface area contributed by atoms with Crippen molar-refractivity contribution in [1.82, 2.24) is 14.5 Å². The fourth-order valence-electron chi connectivity index (χ4n) is 3.90. The van der Waals surface area contributed by atoms with Gasteiger partial charge in [0.05, 0.1) is 25.1 Å². The van der Waals surface area contributed by atoms with Gasteiger partial charge in [-0.05, 0) is 36.2 Å². The summed E-state index contributed by atoms with van der Waals surface area (Å²) in [4.78, 5) is 31.7. The first-order valence-corrected chi connectivity index (χ1v) is 10.9. The Hall–Kier alpha value is -3.39. The van der Waals surface area contributed by atoms with E-state index in [1.807, 2.05) is 35.0 Å². The van der Waals surface area contributed by atoms with Crippen molar-refractivity contribution in [2.45, 2.75) is 19.0 Å². The van der Waals surface area contributed by atoms with E-state index in [1.54, 1.807) is 36.8 Å². The lowest BCUT2D eigenvalue weighted by Gasteiger charge is -2.25. The molecule has 0 saturated carbocycles. The van der Waals surface area contributed by atoms with Crippen molar-refractivity contribution in [1.29, 1.82) is 0 Å². The van der Waals surface area contributed by atoms with Crippen molar-refractivity contribution in [3.8, 4) is 5.75 Å². The summed E-state index contributed by atoms with van der Waals surface area (Å²) >= 11 is 3.47. The molecule has 1 amide bonds. The molecule has 1 unspecified atom stereocenters. The third-order valence-electron chi connectivity index (χ3n) is 5.42. The summed E-state index contributed by atoms with van der Waals surface area (Å²) in [6.45, 7) is 1.01. The predicted octanol–water partition coefficient (Wildman–Crippen LogP) is 4.17. The molecular formula is C24H22BrN3O4. The van der Waals surface area contributed by atoms with Gasteiger partial charge in [0.1, 0.15) is 11.5 Å². The zero-order chi connectivity index (χ0) is 22.7. The molecule has 0 radical (unpaired) electrons. The number of hydrogen-bond donors (Lipinski definition) is 1. The minimum Gasteiger partial charge on any atom is -0.507 e. The lowest BCUT2D eigenvalue weighted by Crippen LogP contribution is -2.31. The number of carbonyl (C=O) groups excluding carboxylic acids is 2. The van der Waals surface area contributed by atoms with Crippen LogP contribution in [0.3, 0.4) is 0 Å². The highest BCUT2D eigenvalue weighted by molar-refractivity contribution is 9.10. The largest absolute Gasteiger partial charge is 0.507 e. The first-order chi connectivity index (χ1) is 15.5. The van der Waals surface area contributed by atoms with E-state index in [0.717, 1.165) is 10.0 Å². The van der Waals surface area contributed by atoms with Gasteiger partial charge in [0.25, 0.3) is 11.7 Å². The smallest absolute Gasteiger partial charge is 0.295 e. The van der Waals surface area contributed by atoms with Crippen LogP contribution >= 0.6 is 15.9 Å². The number of benzene rings is 2. The molecule has 3 aromatic rings. The molecule has 1 aliphatic rings. The average molecular weight is 496 g/mol. The van der Waals surface area contributed by atoms with Crippen molar-refractivity contribution in [3.05, 3.63) is 88.4 Å². The quantitative estimate of drug-likeness (QED) is 0.302. The van der Waals surface area contributed by atoms with Gasteiger partial charge in [-0.3, -0.25) is 9.59 Å². The van der Waals surface area contributed by atoms with Crippen molar-refractivity contribution in [3.63, 3.8) is 0 Å². The Bertz CT molecular complexity index is 1170. The number of rotatable bonds is 7. The molecule has 1 N–H and O–H groups in total. The Labute approximate surface area is 194 Å². The summed E-state index contributed by atoms with van der Waals surface area (Å²) < 4.78 is 7.98. The van der Waals surface area contributed by atoms with Gasteiger partial charge in [-0.15, -0.1) is 0 Å². The molecule has 164 valence electrons. The Balaban J connectivity index is 1.75. The number of Topliss-reactive ketones (excluding diaryl/α,β-unsaturated/α-hetero) is 1. The number of aliphatic hydroxyl groups is 1. The van der Waals surface area contributed by atoms with E-state index in [0.29, 0.717) is 30.8 Å². The van der Waals surface area contributed by atoms with Crippen LogP contribution in [0.1, 0.15) is 23.6 Å². The molecule has 1 aromatic heterocycles. The third kappa shape index (κ3) is 4.31. The lowest BCUT2D eigenvalue weighted by molar-refractivity contribution is -0.139. The number of nitrogens with zero attached hydrogens (tertiary/aromatic N) is 3. The number of halogens is 1. The van der Waals surface area contributed by atoms with E-state index in [9.17, 15) is 14.7 Å². The maximum atomic E-state index is 13.1. The molecule has 7 nitrogen and oxygen atoms in total. The van der Waals surface area contributed by atoms with Gasteiger partial charge in [0.2, 0.25) is 0 Å². The minimum absolute atomic E-state index is 0.0731. The summed E-state index contributed by atoms with van der Waals surface area (Å²) in [5, 5.41) is 11.1. The van der Waals surface area contributed by atoms with Crippen LogP contribution in [0.4, 0.5) is 0 Å². The maximum absolute atomic E-state index is 13.1. The Morgan fingerprint density at radius 3 is 2.69 bits per heavy atom. The standard InChI is InChI=1S/C24H22BrN3O4/c1-32-19-8-3-6-17(14-19)22(29)20-21(16-5-2-7-18(25)13-16)28(24(31)23(20)30)11-4-10-27-12-9-26-15-27/h2-3,5-9,12-15,21,29H,4,10-11H2,1H3/b22-20-. The van der Waals surface area contributed by atoms with Crippen LogP contribution in [0.5, 0.6) is 5.75 Å². The Morgan fingerprint density at radius 2 is 1.97 bits per heavy atom. The molecule has 2 heterocycles. The van der Waals surface area contributed by atoms with Gasteiger partial charge < -0.3 is 19.3 Å². The second kappa shape index (κ2) is 9.40. The Kier molecular flexibility index (Phi) is 6.41. The van der Waals surface area contributed by atoms with Gasteiger partial charge in [0.15, 0.2) is 0 Å². The number of ketones is 1. The van der Waals surface area contributed by atoms with Crippen LogP contribution in [0.2, 0.25) is 0 Å². The van der Waals surface area contributed by atoms with Gasteiger partial charge in [-0.2, -0.15) is 0 Å². The zero-order valence-corrected chi connectivity index (χ0v) is 19.0. The SMILES string of the molecule is COc1cccc(/C(O)=C2/C(=O)C(=O)N(CCCn3ccnc3)C2c2cccc(Br)c2)c1. The van der Waals surface area contributed by atoms with Crippen LogP contribution in [0, 0.1) is 0 Å². The van der Waals surface area contributed by atoms with E-state index in [4.69, 9.17) is 4.74 Å². The first-order valence-electron chi connectivity index (χ1n) is 10.1. The molecule has 32 heavy (non-hydrogen) atoms. The highest BCUT2D eigenvalue weighted by Gasteiger charge is 2.45. The molecule has 8 heteroatoms. The highest BCUT2D eigenvalue weighted by Crippen LogP contribution is 2.40. The second-order valence-corrected chi connectivity index (χ2v) is 8.35. The number of carbonyl (C=O) groups is 2. The summed E-state index contributed by atoms with van der Waals surface area (Å²) in [6.07, 6.45) is 5.89. The lowest BCUT2D eigenvalue weighted by atomic mass is 9.95. The normalized spacial score (nSPS) is 17.7. The number of ether oxygens (including phenoxy) is 1. The van der Waals surface area contributed by atoms with Crippen LogP contribution in [-0.4, -0.2) is 44.9 Å². The molecule has 1 atom stereocenters.